The minimum absolute atomic E-state index is 0.344. The molecule has 0 spiro atoms. The van der Waals surface area contributed by atoms with Crippen LogP contribution in [-0.4, -0.2) is 13.7 Å². The number of benzene rings is 2. The molecule has 1 aliphatic rings. The molecule has 1 atom stereocenters. The predicted octanol–water partition coefficient (Wildman–Crippen LogP) is 4.39. The van der Waals surface area contributed by atoms with Crippen molar-refractivity contribution in [3.8, 4) is 22.7 Å². The Balaban J connectivity index is 1.89. The van der Waals surface area contributed by atoms with Gasteiger partial charge in [-0.05, 0) is 49.2 Å². The SMILES string of the molecule is Cc1ccc(-c2c3c(=O)n(C)c(=O)n(C)c3c3n2-c2cc(C)ccc2O[C@H]3c2ccco2)cc1. The third kappa shape index (κ3) is 2.70. The average molecular weight is 453 g/mol. The van der Waals surface area contributed by atoms with E-state index in [0.717, 1.165) is 32.6 Å². The Morgan fingerprint density at radius 1 is 0.882 bits per heavy atom. The summed E-state index contributed by atoms with van der Waals surface area (Å²) in [6, 6.07) is 17.7. The number of nitrogens with zero attached hydrogens (tertiary/aromatic N) is 3. The molecule has 1 aliphatic heterocycles. The van der Waals surface area contributed by atoms with E-state index in [1.807, 2.05) is 62.4 Å². The lowest BCUT2D eigenvalue weighted by molar-refractivity contribution is 0.199. The summed E-state index contributed by atoms with van der Waals surface area (Å²) in [6.45, 7) is 4.04. The smallest absolute Gasteiger partial charge is 0.331 e. The number of fused-ring (bicyclic) bond motifs is 5. The molecule has 34 heavy (non-hydrogen) atoms. The maximum Gasteiger partial charge on any atom is 0.331 e. The number of rotatable bonds is 2. The molecule has 0 saturated carbocycles. The van der Waals surface area contributed by atoms with Crippen LogP contribution in [0.2, 0.25) is 0 Å². The van der Waals surface area contributed by atoms with Gasteiger partial charge in [-0.1, -0.05) is 35.9 Å². The zero-order valence-corrected chi connectivity index (χ0v) is 19.3. The first-order valence-electron chi connectivity index (χ1n) is 11.1. The van der Waals surface area contributed by atoms with E-state index in [-0.39, 0.29) is 5.56 Å². The Kier molecular flexibility index (Phi) is 4.26. The second kappa shape index (κ2) is 7.12. The summed E-state index contributed by atoms with van der Waals surface area (Å²) >= 11 is 0. The van der Waals surface area contributed by atoms with Crippen molar-refractivity contribution in [2.45, 2.75) is 20.0 Å². The number of ether oxygens (including phenoxy) is 1. The summed E-state index contributed by atoms with van der Waals surface area (Å²) in [4.78, 5) is 26.6. The number of furan rings is 1. The van der Waals surface area contributed by atoms with Gasteiger partial charge in [-0.25, -0.2) is 4.79 Å². The predicted molar refractivity (Wildman–Crippen MR) is 130 cm³/mol. The van der Waals surface area contributed by atoms with E-state index >= 15 is 0 Å². The fourth-order valence-electron chi connectivity index (χ4n) is 4.89. The molecule has 3 aromatic heterocycles. The summed E-state index contributed by atoms with van der Waals surface area (Å²) in [7, 11) is 3.20. The lowest BCUT2D eigenvalue weighted by Crippen LogP contribution is -2.37. The van der Waals surface area contributed by atoms with Crippen LogP contribution >= 0.6 is 0 Å². The van der Waals surface area contributed by atoms with Crippen LogP contribution in [0.4, 0.5) is 0 Å². The molecule has 6 rings (SSSR count). The molecule has 2 aromatic carbocycles. The van der Waals surface area contributed by atoms with Crippen molar-refractivity contribution < 1.29 is 9.15 Å². The van der Waals surface area contributed by atoms with Gasteiger partial charge in [-0.15, -0.1) is 0 Å². The highest BCUT2D eigenvalue weighted by molar-refractivity contribution is 5.98. The second-order valence-electron chi connectivity index (χ2n) is 8.85. The van der Waals surface area contributed by atoms with E-state index < -0.39 is 11.8 Å². The first kappa shape index (κ1) is 20.4. The summed E-state index contributed by atoms with van der Waals surface area (Å²) < 4.78 is 17.0. The largest absolute Gasteiger partial charge is 0.474 e. The Morgan fingerprint density at radius 3 is 2.32 bits per heavy atom. The Morgan fingerprint density at radius 2 is 1.62 bits per heavy atom. The number of aromatic nitrogens is 3. The van der Waals surface area contributed by atoms with Crippen molar-refractivity contribution in [3.63, 3.8) is 0 Å². The zero-order chi connectivity index (χ0) is 23.7. The van der Waals surface area contributed by atoms with Crippen LogP contribution < -0.4 is 16.0 Å². The molecule has 7 heteroatoms. The molecule has 0 saturated heterocycles. The van der Waals surface area contributed by atoms with Crippen LogP contribution in [0.25, 0.3) is 27.8 Å². The molecule has 170 valence electrons. The maximum atomic E-state index is 13.6. The van der Waals surface area contributed by atoms with Gasteiger partial charge in [-0.2, -0.15) is 0 Å². The summed E-state index contributed by atoms with van der Waals surface area (Å²) in [5.74, 6) is 1.27. The molecule has 0 bridgehead atoms. The fraction of sp³-hybridized carbons (Fsp3) is 0.185. The topological polar surface area (TPSA) is 71.3 Å². The van der Waals surface area contributed by atoms with Crippen LogP contribution in [0.5, 0.6) is 5.75 Å². The van der Waals surface area contributed by atoms with E-state index in [1.165, 1.54) is 11.6 Å². The highest BCUT2D eigenvalue weighted by Crippen LogP contribution is 2.46. The average Bonchev–Trinajstić information content (AvgIpc) is 3.48. The molecule has 0 amide bonds. The first-order valence-corrected chi connectivity index (χ1v) is 11.1. The molecule has 0 radical (unpaired) electrons. The summed E-state index contributed by atoms with van der Waals surface area (Å²) in [5.41, 5.74) is 5.09. The van der Waals surface area contributed by atoms with Gasteiger partial charge in [0.05, 0.1) is 34.2 Å². The Labute approximate surface area is 195 Å². The Bertz CT molecular complexity index is 1700. The molecular formula is C27H23N3O4. The molecular weight excluding hydrogens is 430 g/mol. The standard InChI is InChI=1S/C27H23N3O4/c1-15-7-10-17(11-8-15)22-21-23(28(3)27(32)29(4)26(21)31)24-25(20-6-5-13-33-20)34-19-12-9-16(2)14-18(19)30(22)24/h5-14,25H,1-4H3/t25-/m0/s1. The van der Waals surface area contributed by atoms with Crippen LogP contribution in [0.1, 0.15) is 28.7 Å². The normalized spacial score (nSPS) is 14.6. The van der Waals surface area contributed by atoms with Gasteiger partial charge in [-0.3, -0.25) is 13.9 Å². The van der Waals surface area contributed by atoms with Gasteiger partial charge in [0, 0.05) is 14.1 Å². The highest BCUT2D eigenvalue weighted by atomic mass is 16.5. The zero-order valence-electron chi connectivity index (χ0n) is 19.3. The van der Waals surface area contributed by atoms with Gasteiger partial charge in [0.1, 0.15) is 5.75 Å². The van der Waals surface area contributed by atoms with Crippen LogP contribution in [0.3, 0.4) is 0 Å². The molecule has 4 heterocycles. The summed E-state index contributed by atoms with van der Waals surface area (Å²) in [6.07, 6.45) is 0.960. The van der Waals surface area contributed by atoms with Crippen LogP contribution in [0.15, 0.2) is 74.9 Å². The van der Waals surface area contributed by atoms with E-state index in [9.17, 15) is 9.59 Å². The first-order chi connectivity index (χ1) is 16.4. The quantitative estimate of drug-likeness (QED) is 0.398. The van der Waals surface area contributed by atoms with Gasteiger partial charge >= 0.3 is 5.69 Å². The third-order valence-corrected chi connectivity index (χ3v) is 6.58. The minimum atomic E-state index is -0.635. The maximum absolute atomic E-state index is 13.6. The monoisotopic (exact) mass is 453 g/mol. The van der Waals surface area contributed by atoms with E-state index in [2.05, 4.69) is 4.57 Å². The van der Waals surface area contributed by atoms with Gasteiger partial charge in [0.2, 0.25) is 0 Å². The van der Waals surface area contributed by atoms with Crippen molar-refractivity contribution in [1.82, 2.24) is 13.7 Å². The second-order valence-corrected chi connectivity index (χ2v) is 8.85. The minimum Gasteiger partial charge on any atom is -0.474 e. The van der Waals surface area contributed by atoms with E-state index in [4.69, 9.17) is 9.15 Å². The molecule has 0 N–H and O–H groups in total. The van der Waals surface area contributed by atoms with Gasteiger partial charge in [0.25, 0.3) is 5.56 Å². The summed E-state index contributed by atoms with van der Waals surface area (Å²) in [5, 5.41) is 0.470. The molecule has 0 aliphatic carbocycles. The fourth-order valence-corrected chi connectivity index (χ4v) is 4.89. The lowest BCUT2D eigenvalue weighted by Gasteiger charge is -2.29. The molecule has 7 nitrogen and oxygen atoms in total. The highest BCUT2D eigenvalue weighted by Gasteiger charge is 2.37. The van der Waals surface area contributed by atoms with Gasteiger partial charge in [0.15, 0.2) is 11.9 Å². The molecule has 5 aromatic rings. The van der Waals surface area contributed by atoms with Crippen LogP contribution in [0, 0.1) is 13.8 Å². The molecule has 0 unspecified atom stereocenters. The van der Waals surface area contributed by atoms with E-state index in [0.29, 0.717) is 28.1 Å². The third-order valence-electron chi connectivity index (χ3n) is 6.58. The number of hydrogen-bond acceptors (Lipinski definition) is 4. The van der Waals surface area contributed by atoms with Crippen molar-refractivity contribution in [1.29, 1.82) is 0 Å². The van der Waals surface area contributed by atoms with Crippen molar-refractivity contribution in [2.24, 2.45) is 14.1 Å². The van der Waals surface area contributed by atoms with E-state index in [1.54, 1.807) is 19.4 Å². The Hall–Kier alpha value is -4.26. The molecule has 0 fully saturated rings. The number of hydrogen-bond donors (Lipinski definition) is 0. The lowest BCUT2D eigenvalue weighted by atomic mass is 10.1. The van der Waals surface area contributed by atoms with Crippen molar-refractivity contribution in [3.05, 3.63) is 104 Å². The number of aryl methyl sites for hydroxylation is 3. The van der Waals surface area contributed by atoms with Crippen molar-refractivity contribution in [2.75, 3.05) is 0 Å². The van der Waals surface area contributed by atoms with Gasteiger partial charge < -0.3 is 13.7 Å². The van der Waals surface area contributed by atoms with Crippen molar-refractivity contribution >= 4 is 10.9 Å². The van der Waals surface area contributed by atoms with Crippen LogP contribution in [-0.2, 0) is 14.1 Å².